The average Bonchev–Trinajstić information content (AvgIpc) is 2.45. The molecule has 0 amide bonds. The summed E-state index contributed by atoms with van der Waals surface area (Å²) in [7, 11) is -3.15. The Bertz CT molecular complexity index is 594. The van der Waals surface area contributed by atoms with Gasteiger partial charge in [-0.3, -0.25) is 0 Å². The normalized spacial score (nSPS) is 20.4. The molecule has 1 aliphatic rings. The van der Waals surface area contributed by atoms with Crippen LogP contribution in [0.25, 0.3) is 0 Å². The number of hydrogen-bond acceptors (Lipinski definition) is 3. The Labute approximate surface area is 129 Å². The molecular weight excluding hydrogens is 317 g/mol. The first-order valence-electron chi connectivity index (χ1n) is 6.82. The summed E-state index contributed by atoms with van der Waals surface area (Å²) in [6.45, 7) is 1.44. The van der Waals surface area contributed by atoms with Gasteiger partial charge in [0.2, 0.25) is 10.0 Å². The molecule has 21 heavy (non-hydrogen) atoms. The minimum atomic E-state index is -3.15. The maximum atomic E-state index is 13.1. The molecule has 1 aromatic carbocycles. The predicted octanol–water partition coefficient (Wildman–Crippen LogP) is 2.61. The number of nitrogens with zero attached hydrogens (tertiary/aromatic N) is 1. The van der Waals surface area contributed by atoms with Crippen molar-refractivity contribution in [3.05, 3.63) is 29.6 Å². The van der Waals surface area contributed by atoms with E-state index < -0.39 is 10.0 Å². The van der Waals surface area contributed by atoms with Gasteiger partial charge in [-0.15, -0.1) is 11.6 Å². The van der Waals surface area contributed by atoms with Crippen molar-refractivity contribution < 1.29 is 17.5 Å². The molecule has 0 bridgehead atoms. The fourth-order valence-electron chi connectivity index (χ4n) is 2.47. The van der Waals surface area contributed by atoms with E-state index in [0.29, 0.717) is 31.0 Å². The van der Waals surface area contributed by atoms with Crippen LogP contribution in [0.5, 0.6) is 5.75 Å². The van der Waals surface area contributed by atoms with Gasteiger partial charge in [-0.2, -0.15) is 0 Å². The van der Waals surface area contributed by atoms with E-state index in [9.17, 15) is 12.8 Å². The van der Waals surface area contributed by atoms with E-state index in [1.54, 1.807) is 6.07 Å². The maximum Gasteiger partial charge on any atom is 0.211 e. The Kier molecular flexibility index (Phi) is 5.46. The monoisotopic (exact) mass is 335 g/mol. The molecule has 0 saturated carbocycles. The lowest BCUT2D eigenvalue weighted by Crippen LogP contribution is -2.40. The van der Waals surface area contributed by atoms with Crippen LogP contribution in [-0.2, 0) is 15.9 Å². The minimum absolute atomic E-state index is 0.140. The molecule has 1 unspecified atom stereocenters. The Morgan fingerprint density at radius 3 is 2.90 bits per heavy atom. The highest BCUT2D eigenvalue weighted by Gasteiger charge is 2.26. The van der Waals surface area contributed by atoms with Crippen LogP contribution in [0.15, 0.2) is 18.2 Å². The third-order valence-corrected chi connectivity index (χ3v) is 5.15. The molecule has 0 aromatic heterocycles. The van der Waals surface area contributed by atoms with Crippen molar-refractivity contribution in [2.75, 3.05) is 26.0 Å². The molecule has 1 aromatic rings. The van der Waals surface area contributed by atoms with Crippen molar-refractivity contribution in [3.8, 4) is 5.75 Å². The summed E-state index contributed by atoms with van der Waals surface area (Å²) in [4.78, 5) is 0. The molecule has 1 aliphatic heterocycles. The van der Waals surface area contributed by atoms with Gasteiger partial charge < -0.3 is 4.74 Å². The average molecular weight is 336 g/mol. The Morgan fingerprint density at radius 2 is 2.24 bits per heavy atom. The van der Waals surface area contributed by atoms with E-state index in [-0.39, 0.29) is 17.6 Å². The van der Waals surface area contributed by atoms with Crippen molar-refractivity contribution in [3.63, 3.8) is 0 Å². The molecule has 1 fully saturated rings. The molecule has 2 rings (SSSR count). The van der Waals surface area contributed by atoms with Gasteiger partial charge in [-0.25, -0.2) is 17.1 Å². The predicted molar refractivity (Wildman–Crippen MR) is 80.6 cm³/mol. The number of halogens is 2. The first-order chi connectivity index (χ1) is 9.90. The van der Waals surface area contributed by atoms with Crippen LogP contribution in [-0.4, -0.2) is 38.7 Å². The van der Waals surface area contributed by atoms with Crippen LogP contribution in [0.4, 0.5) is 4.39 Å². The van der Waals surface area contributed by atoms with E-state index in [4.69, 9.17) is 16.3 Å². The standard InChI is InChI=1S/C14H19ClFNO3S/c1-21(18,19)17-6-2-3-11(9-17)10-20-14-5-4-13(16)7-12(14)8-15/h4-5,7,11H,2-3,6,8-10H2,1H3. The maximum absolute atomic E-state index is 13.1. The zero-order chi connectivity index (χ0) is 15.5. The van der Waals surface area contributed by atoms with Crippen LogP contribution in [0.3, 0.4) is 0 Å². The summed E-state index contributed by atoms with van der Waals surface area (Å²) in [6, 6.07) is 4.24. The Balaban J connectivity index is 1.97. The molecular formula is C14H19ClFNO3S. The molecule has 1 atom stereocenters. The number of sulfonamides is 1. The summed E-state index contributed by atoms with van der Waals surface area (Å²) in [6.07, 6.45) is 2.97. The topological polar surface area (TPSA) is 46.6 Å². The second kappa shape index (κ2) is 6.94. The van der Waals surface area contributed by atoms with Crippen LogP contribution in [0.2, 0.25) is 0 Å². The minimum Gasteiger partial charge on any atom is -0.493 e. The molecule has 0 spiro atoms. The number of benzene rings is 1. The third-order valence-electron chi connectivity index (χ3n) is 3.59. The zero-order valence-electron chi connectivity index (χ0n) is 11.9. The van der Waals surface area contributed by atoms with E-state index >= 15 is 0 Å². The molecule has 0 radical (unpaired) electrons. The van der Waals surface area contributed by atoms with Gasteiger partial charge in [0.15, 0.2) is 0 Å². The number of hydrogen-bond donors (Lipinski definition) is 0. The number of piperidine rings is 1. The molecule has 118 valence electrons. The lowest BCUT2D eigenvalue weighted by Gasteiger charge is -2.30. The molecule has 1 heterocycles. The van der Waals surface area contributed by atoms with Crippen molar-refractivity contribution in [1.29, 1.82) is 0 Å². The van der Waals surface area contributed by atoms with Crippen LogP contribution >= 0.6 is 11.6 Å². The van der Waals surface area contributed by atoms with Gasteiger partial charge >= 0.3 is 0 Å². The molecule has 7 heteroatoms. The van der Waals surface area contributed by atoms with Crippen molar-refractivity contribution in [2.45, 2.75) is 18.7 Å². The van der Waals surface area contributed by atoms with Crippen LogP contribution in [0.1, 0.15) is 18.4 Å². The highest BCUT2D eigenvalue weighted by atomic mass is 35.5. The lowest BCUT2D eigenvalue weighted by molar-refractivity contribution is 0.180. The highest BCUT2D eigenvalue weighted by molar-refractivity contribution is 7.88. The van der Waals surface area contributed by atoms with Crippen molar-refractivity contribution in [1.82, 2.24) is 4.31 Å². The number of rotatable bonds is 5. The van der Waals surface area contributed by atoms with E-state index in [1.165, 1.54) is 22.7 Å². The first-order valence-corrected chi connectivity index (χ1v) is 9.20. The summed E-state index contributed by atoms with van der Waals surface area (Å²) in [5, 5.41) is 0. The number of alkyl halides is 1. The van der Waals surface area contributed by atoms with Crippen molar-refractivity contribution in [2.24, 2.45) is 5.92 Å². The first kappa shape index (κ1) is 16.5. The third kappa shape index (κ3) is 4.56. The fraction of sp³-hybridized carbons (Fsp3) is 0.571. The largest absolute Gasteiger partial charge is 0.493 e. The molecule has 0 N–H and O–H groups in total. The van der Waals surface area contributed by atoms with E-state index in [2.05, 4.69) is 0 Å². The summed E-state index contributed by atoms with van der Waals surface area (Å²) < 4.78 is 43.5. The van der Waals surface area contributed by atoms with E-state index in [0.717, 1.165) is 12.8 Å². The SMILES string of the molecule is CS(=O)(=O)N1CCCC(COc2ccc(F)cc2CCl)C1. The summed E-state index contributed by atoms with van der Waals surface area (Å²) in [5.74, 6) is 0.524. The second-order valence-corrected chi connectivity index (χ2v) is 7.58. The Hall–Kier alpha value is -0.850. The molecule has 1 saturated heterocycles. The summed E-state index contributed by atoms with van der Waals surface area (Å²) >= 11 is 5.77. The molecule has 0 aliphatic carbocycles. The van der Waals surface area contributed by atoms with Gasteiger partial charge in [-0.05, 0) is 31.0 Å². The highest BCUT2D eigenvalue weighted by Crippen LogP contribution is 2.24. The zero-order valence-corrected chi connectivity index (χ0v) is 13.5. The van der Waals surface area contributed by atoms with Crippen LogP contribution in [0, 0.1) is 11.7 Å². The fourth-order valence-corrected chi connectivity index (χ4v) is 3.62. The number of ether oxygens (including phenoxy) is 1. The van der Waals surface area contributed by atoms with Gasteiger partial charge in [0.1, 0.15) is 11.6 Å². The Morgan fingerprint density at radius 1 is 1.48 bits per heavy atom. The second-order valence-electron chi connectivity index (χ2n) is 5.33. The lowest BCUT2D eigenvalue weighted by atomic mass is 10.0. The van der Waals surface area contributed by atoms with Gasteiger partial charge in [0.25, 0.3) is 0 Å². The summed E-state index contributed by atoms with van der Waals surface area (Å²) in [5.41, 5.74) is 0.604. The smallest absolute Gasteiger partial charge is 0.211 e. The quantitative estimate of drug-likeness (QED) is 0.777. The van der Waals surface area contributed by atoms with E-state index in [1.807, 2.05) is 0 Å². The molecule has 4 nitrogen and oxygen atoms in total. The van der Waals surface area contributed by atoms with Crippen LogP contribution < -0.4 is 4.74 Å². The van der Waals surface area contributed by atoms with Crippen molar-refractivity contribution >= 4 is 21.6 Å². The van der Waals surface area contributed by atoms with Gasteiger partial charge in [0.05, 0.1) is 18.7 Å². The van der Waals surface area contributed by atoms with Gasteiger partial charge in [-0.1, -0.05) is 0 Å². The van der Waals surface area contributed by atoms with Gasteiger partial charge in [0, 0.05) is 24.6 Å².